The SMILES string of the molecule is C[C@@H]1[C@H](C)CCC[C@H]1NC(=S)NNC(=S)Nc1ccccc1F. The molecule has 0 aromatic heterocycles. The molecule has 1 fully saturated rings. The fraction of sp³-hybridized carbons (Fsp3) is 0.500. The Balaban J connectivity index is 1.76. The fourth-order valence-corrected chi connectivity index (χ4v) is 3.18. The first-order valence-electron chi connectivity index (χ1n) is 7.85. The van der Waals surface area contributed by atoms with Crippen molar-refractivity contribution in [2.45, 2.75) is 39.2 Å². The number of hydrazine groups is 1. The van der Waals surface area contributed by atoms with Gasteiger partial charge in [0.2, 0.25) is 0 Å². The summed E-state index contributed by atoms with van der Waals surface area (Å²) in [6, 6.07) is 6.72. The van der Waals surface area contributed by atoms with Crippen molar-refractivity contribution >= 4 is 40.3 Å². The largest absolute Gasteiger partial charge is 0.358 e. The number of hydrogen-bond donors (Lipinski definition) is 4. The number of hydrogen-bond acceptors (Lipinski definition) is 2. The number of anilines is 1. The topological polar surface area (TPSA) is 48.1 Å². The Morgan fingerprint density at radius 1 is 1.09 bits per heavy atom. The van der Waals surface area contributed by atoms with Crippen LogP contribution >= 0.6 is 24.4 Å². The molecule has 1 aromatic rings. The van der Waals surface area contributed by atoms with Gasteiger partial charge in [0.25, 0.3) is 0 Å². The van der Waals surface area contributed by atoms with Crippen LogP contribution in [0.1, 0.15) is 33.1 Å². The van der Waals surface area contributed by atoms with Gasteiger partial charge in [-0.05, 0) is 54.8 Å². The highest BCUT2D eigenvalue weighted by molar-refractivity contribution is 7.80. The summed E-state index contributed by atoms with van der Waals surface area (Å²) in [6.45, 7) is 4.53. The van der Waals surface area contributed by atoms with E-state index in [-0.39, 0.29) is 10.9 Å². The second kappa shape index (κ2) is 8.40. The Morgan fingerprint density at radius 3 is 2.52 bits per heavy atom. The number of thiocarbonyl (C=S) groups is 2. The van der Waals surface area contributed by atoms with Crippen LogP contribution in [-0.4, -0.2) is 16.3 Å². The lowest BCUT2D eigenvalue weighted by atomic mass is 9.78. The standard InChI is InChI=1S/C16H23FN4S2/c1-10-6-5-9-13(11(10)2)18-15(22)20-21-16(23)19-14-8-4-3-7-12(14)17/h3-4,7-8,10-11,13H,5-6,9H2,1-2H3,(H2,18,20,22)(H2,19,21,23)/t10-,11-,13-/m1/s1. The highest BCUT2D eigenvalue weighted by atomic mass is 32.1. The van der Waals surface area contributed by atoms with Crippen molar-refractivity contribution in [3.8, 4) is 0 Å². The third kappa shape index (κ3) is 5.28. The highest BCUT2D eigenvalue weighted by Crippen LogP contribution is 2.29. The zero-order valence-electron chi connectivity index (χ0n) is 13.4. The minimum absolute atomic E-state index is 0.254. The molecule has 0 bridgehead atoms. The summed E-state index contributed by atoms with van der Waals surface area (Å²) >= 11 is 10.4. The molecule has 0 aliphatic heterocycles. The van der Waals surface area contributed by atoms with Crippen molar-refractivity contribution in [1.82, 2.24) is 16.2 Å². The van der Waals surface area contributed by atoms with E-state index < -0.39 is 0 Å². The summed E-state index contributed by atoms with van der Waals surface area (Å²) in [5.74, 6) is 0.912. The van der Waals surface area contributed by atoms with Gasteiger partial charge in [-0.2, -0.15) is 0 Å². The summed E-state index contributed by atoms with van der Waals surface area (Å²) in [5.41, 5.74) is 5.94. The summed E-state index contributed by atoms with van der Waals surface area (Å²) in [6.07, 6.45) is 3.60. The lowest BCUT2D eigenvalue weighted by Gasteiger charge is -2.35. The van der Waals surface area contributed by atoms with Crippen molar-refractivity contribution in [3.63, 3.8) is 0 Å². The molecule has 3 atom stereocenters. The average molecular weight is 355 g/mol. The monoisotopic (exact) mass is 354 g/mol. The first-order valence-corrected chi connectivity index (χ1v) is 8.67. The molecule has 126 valence electrons. The van der Waals surface area contributed by atoms with E-state index in [1.807, 2.05) is 0 Å². The molecule has 4 nitrogen and oxygen atoms in total. The second-order valence-electron chi connectivity index (χ2n) is 6.03. The van der Waals surface area contributed by atoms with Gasteiger partial charge in [0, 0.05) is 6.04 Å². The minimum Gasteiger partial charge on any atom is -0.358 e. The molecule has 0 radical (unpaired) electrons. The van der Waals surface area contributed by atoms with E-state index in [9.17, 15) is 4.39 Å². The van der Waals surface area contributed by atoms with E-state index in [4.69, 9.17) is 24.4 Å². The van der Waals surface area contributed by atoms with E-state index in [0.717, 1.165) is 6.42 Å². The molecule has 1 aliphatic rings. The van der Waals surface area contributed by atoms with E-state index in [1.54, 1.807) is 18.2 Å². The van der Waals surface area contributed by atoms with Crippen LogP contribution in [0.15, 0.2) is 24.3 Å². The molecule has 23 heavy (non-hydrogen) atoms. The maximum absolute atomic E-state index is 13.5. The second-order valence-corrected chi connectivity index (χ2v) is 6.85. The average Bonchev–Trinajstić information content (AvgIpc) is 2.52. The predicted octanol–water partition coefficient (Wildman–Crippen LogP) is 3.32. The van der Waals surface area contributed by atoms with Crippen LogP contribution in [0, 0.1) is 17.7 Å². The van der Waals surface area contributed by atoms with E-state index in [2.05, 4.69) is 35.3 Å². The van der Waals surface area contributed by atoms with Crippen molar-refractivity contribution in [2.75, 3.05) is 5.32 Å². The number of nitrogens with one attached hydrogen (secondary N) is 4. The van der Waals surface area contributed by atoms with Crippen molar-refractivity contribution in [3.05, 3.63) is 30.1 Å². The molecule has 0 saturated heterocycles. The number of halogens is 1. The number of rotatable bonds is 2. The summed E-state index contributed by atoms with van der Waals surface area (Å²) < 4.78 is 13.5. The molecule has 0 amide bonds. The maximum atomic E-state index is 13.5. The molecular formula is C16H23FN4S2. The Hall–Kier alpha value is -1.47. The van der Waals surface area contributed by atoms with Crippen LogP contribution in [0.2, 0.25) is 0 Å². The predicted molar refractivity (Wildman–Crippen MR) is 101 cm³/mol. The molecule has 1 saturated carbocycles. The summed E-state index contributed by atoms with van der Waals surface area (Å²) in [7, 11) is 0. The van der Waals surface area contributed by atoms with Crippen molar-refractivity contribution < 1.29 is 4.39 Å². The molecule has 7 heteroatoms. The van der Waals surface area contributed by atoms with Crippen LogP contribution < -0.4 is 21.5 Å². The lowest BCUT2D eigenvalue weighted by molar-refractivity contribution is 0.224. The van der Waals surface area contributed by atoms with Gasteiger partial charge in [-0.15, -0.1) is 0 Å². The zero-order chi connectivity index (χ0) is 16.8. The van der Waals surface area contributed by atoms with Gasteiger partial charge in [-0.25, -0.2) is 4.39 Å². The molecule has 0 unspecified atom stereocenters. The van der Waals surface area contributed by atoms with Gasteiger partial charge in [0.05, 0.1) is 5.69 Å². The Morgan fingerprint density at radius 2 is 1.78 bits per heavy atom. The molecular weight excluding hydrogens is 331 g/mol. The van der Waals surface area contributed by atoms with Gasteiger partial charge >= 0.3 is 0 Å². The maximum Gasteiger partial charge on any atom is 0.189 e. The van der Waals surface area contributed by atoms with Crippen LogP contribution in [0.3, 0.4) is 0 Å². The fourth-order valence-electron chi connectivity index (χ4n) is 2.82. The van der Waals surface area contributed by atoms with Crippen LogP contribution in [-0.2, 0) is 0 Å². The first kappa shape index (κ1) is 17.9. The van der Waals surface area contributed by atoms with Crippen LogP contribution in [0.5, 0.6) is 0 Å². The van der Waals surface area contributed by atoms with Gasteiger partial charge < -0.3 is 10.6 Å². The van der Waals surface area contributed by atoms with Crippen LogP contribution in [0.25, 0.3) is 0 Å². The molecule has 0 heterocycles. The summed E-state index contributed by atoms with van der Waals surface area (Å²) in [5, 5.41) is 6.85. The van der Waals surface area contributed by atoms with Gasteiger partial charge in [0.1, 0.15) is 5.82 Å². The Bertz CT molecular complexity index is 567. The molecule has 2 rings (SSSR count). The van der Waals surface area contributed by atoms with E-state index in [0.29, 0.717) is 28.7 Å². The third-order valence-corrected chi connectivity index (χ3v) is 4.86. The van der Waals surface area contributed by atoms with Gasteiger partial charge in [-0.1, -0.05) is 38.8 Å². The first-order chi connectivity index (χ1) is 11.0. The molecule has 4 N–H and O–H groups in total. The zero-order valence-corrected chi connectivity index (χ0v) is 15.0. The summed E-state index contributed by atoms with van der Waals surface area (Å²) in [4.78, 5) is 0. The van der Waals surface area contributed by atoms with Crippen molar-refractivity contribution in [1.29, 1.82) is 0 Å². The molecule has 1 aliphatic carbocycles. The minimum atomic E-state index is -0.359. The quantitative estimate of drug-likeness (QED) is 0.483. The number of para-hydroxylation sites is 1. The molecule has 1 aromatic carbocycles. The molecule has 0 spiro atoms. The Kier molecular flexibility index (Phi) is 6.53. The lowest BCUT2D eigenvalue weighted by Crippen LogP contribution is -2.53. The van der Waals surface area contributed by atoms with Crippen LogP contribution in [0.4, 0.5) is 10.1 Å². The third-order valence-electron chi connectivity index (χ3n) is 4.43. The van der Waals surface area contributed by atoms with E-state index in [1.165, 1.54) is 18.9 Å². The van der Waals surface area contributed by atoms with Crippen molar-refractivity contribution in [2.24, 2.45) is 11.8 Å². The number of benzene rings is 1. The smallest absolute Gasteiger partial charge is 0.189 e. The van der Waals surface area contributed by atoms with Gasteiger partial charge in [-0.3, -0.25) is 10.9 Å². The highest BCUT2D eigenvalue weighted by Gasteiger charge is 2.27. The normalized spacial score (nSPS) is 23.7. The van der Waals surface area contributed by atoms with E-state index >= 15 is 0 Å². The van der Waals surface area contributed by atoms with Gasteiger partial charge in [0.15, 0.2) is 10.2 Å². The Labute approximate surface area is 147 Å².